The molecule has 22 heteroatoms. The first kappa shape index (κ1) is 42.5. The molecule has 1 aliphatic carbocycles. The molecule has 4 saturated heterocycles. The number of aliphatic hydroxyl groups excluding tert-OH is 6. The molecular weight excluding hydrogens is 738 g/mol. The van der Waals surface area contributed by atoms with Crippen LogP contribution in [-0.2, 0) is 37.9 Å². The number of fused-ring (bicyclic) bond motifs is 1. The standard InChI is InChI=1S/C33H55N5O17/c1-45-13-4-10(5-14(46-2)26(13)47-3)30-48-9-17-28(53-30)23(43)19(38)32(51-17)52-25-12(36)6-11(35)20(40)29(25)55-33-24(44)27(16(8-39)50-33)54-31-18(37)22(42)21(41)15(7-34)49-31/h4-5,11-12,15-25,27-33,39-44H,6-9,34-38H2,1-3H3/t11-,12+,15+,16+,17+,18-,19+,20+,21-,22-,23+,24+,25-,27+,28+,29-,30+,31-,32+,33-/m0/s1. The molecular formula is C33H55N5O17. The van der Waals surface area contributed by atoms with E-state index in [-0.39, 0.29) is 19.6 Å². The normalized spacial score (nSPS) is 46.2. The number of hydrogen-bond donors (Lipinski definition) is 11. The van der Waals surface area contributed by atoms with E-state index in [1.54, 1.807) is 12.1 Å². The Morgan fingerprint density at radius 2 is 1.25 bits per heavy atom. The molecule has 1 aromatic carbocycles. The van der Waals surface area contributed by atoms with Crippen molar-refractivity contribution in [3.63, 3.8) is 0 Å². The van der Waals surface area contributed by atoms with Crippen LogP contribution < -0.4 is 42.9 Å². The minimum Gasteiger partial charge on any atom is -0.493 e. The summed E-state index contributed by atoms with van der Waals surface area (Å²) in [6.07, 6.45) is -20.3. The third-order valence-corrected chi connectivity index (χ3v) is 10.8. The van der Waals surface area contributed by atoms with Crippen LogP contribution in [0.15, 0.2) is 12.1 Å². The minimum atomic E-state index is -1.62. The smallest absolute Gasteiger partial charge is 0.203 e. The summed E-state index contributed by atoms with van der Waals surface area (Å²) in [5.41, 5.74) is 31.4. The predicted octanol–water partition coefficient (Wildman–Crippen LogP) is -6.07. The average molecular weight is 794 g/mol. The second-order valence-electron chi connectivity index (χ2n) is 14.2. The molecule has 20 atom stereocenters. The molecule has 6 rings (SSSR count). The molecule has 0 unspecified atom stereocenters. The van der Waals surface area contributed by atoms with Gasteiger partial charge in [-0.25, -0.2) is 0 Å². The number of nitrogens with two attached hydrogens (primary N) is 5. The van der Waals surface area contributed by atoms with Crippen LogP contribution in [-0.4, -0.2) is 188 Å². The molecule has 16 N–H and O–H groups in total. The van der Waals surface area contributed by atoms with Gasteiger partial charge in [-0.1, -0.05) is 0 Å². The van der Waals surface area contributed by atoms with Crippen LogP contribution in [0.5, 0.6) is 17.2 Å². The molecule has 5 aliphatic rings. The van der Waals surface area contributed by atoms with E-state index in [4.69, 9.17) is 80.8 Å². The molecule has 5 fully saturated rings. The van der Waals surface area contributed by atoms with E-state index < -0.39 is 129 Å². The Balaban J connectivity index is 1.14. The predicted molar refractivity (Wildman–Crippen MR) is 183 cm³/mol. The SMILES string of the molecule is COc1cc([C@@H]2OC[C@H]3O[C@H](O[C@@H]4[C@@H](O[C@@H]5O[C@H](CO)[C@@H](O[C@@H]6O[C@H](CN)[C@H](O)[C@@H](O)[C@@H]6N)[C@H]5O)[C@H](O)[C@@H](N)C[C@H]4N)[C@H](N)[C@@H](O)[C@@H]3O2)cc(OC)c1OC. The molecule has 4 heterocycles. The Morgan fingerprint density at radius 1 is 0.655 bits per heavy atom. The van der Waals surface area contributed by atoms with Crippen molar-refractivity contribution in [3.8, 4) is 17.2 Å². The number of hydrogen-bond acceptors (Lipinski definition) is 22. The lowest BCUT2D eigenvalue weighted by Crippen LogP contribution is -2.69. The summed E-state index contributed by atoms with van der Waals surface area (Å²) >= 11 is 0. The summed E-state index contributed by atoms with van der Waals surface area (Å²) in [5, 5.41) is 64.7. The van der Waals surface area contributed by atoms with Crippen molar-refractivity contribution in [2.75, 3.05) is 41.1 Å². The van der Waals surface area contributed by atoms with Gasteiger partial charge in [0.15, 0.2) is 36.7 Å². The maximum absolute atomic E-state index is 11.4. The van der Waals surface area contributed by atoms with Gasteiger partial charge >= 0.3 is 0 Å². The number of benzene rings is 1. The average Bonchev–Trinajstić information content (AvgIpc) is 3.48. The Morgan fingerprint density at radius 3 is 1.87 bits per heavy atom. The van der Waals surface area contributed by atoms with E-state index >= 15 is 0 Å². The van der Waals surface area contributed by atoms with Crippen molar-refractivity contribution in [2.45, 2.75) is 129 Å². The highest BCUT2D eigenvalue weighted by Gasteiger charge is 2.55. The summed E-state index contributed by atoms with van der Waals surface area (Å²) < 4.78 is 64.2. The van der Waals surface area contributed by atoms with Gasteiger partial charge in [0.05, 0.1) is 52.7 Å². The van der Waals surface area contributed by atoms with Gasteiger partial charge in [0.2, 0.25) is 5.75 Å². The van der Waals surface area contributed by atoms with Gasteiger partial charge in [-0.3, -0.25) is 0 Å². The molecule has 55 heavy (non-hydrogen) atoms. The zero-order valence-electron chi connectivity index (χ0n) is 30.6. The second kappa shape index (κ2) is 17.8. The fraction of sp³-hybridized carbons (Fsp3) is 0.818. The first-order chi connectivity index (χ1) is 26.3. The minimum absolute atomic E-state index is 0.0534. The Bertz CT molecular complexity index is 1390. The maximum atomic E-state index is 11.4. The molecule has 4 aliphatic heterocycles. The van der Waals surface area contributed by atoms with Crippen LogP contribution in [0.3, 0.4) is 0 Å². The van der Waals surface area contributed by atoms with Crippen LogP contribution in [0.2, 0.25) is 0 Å². The van der Waals surface area contributed by atoms with Crippen molar-refractivity contribution in [1.82, 2.24) is 0 Å². The fourth-order valence-electron chi connectivity index (χ4n) is 7.61. The molecule has 0 radical (unpaired) electrons. The van der Waals surface area contributed by atoms with E-state index in [2.05, 4.69) is 0 Å². The van der Waals surface area contributed by atoms with Crippen LogP contribution in [0.1, 0.15) is 18.3 Å². The summed E-state index contributed by atoms with van der Waals surface area (Å²) in [5.74, 6) is 1.11. The first-order valence-electron chi connectivity index (χ1n) is 18.0. The number of aliphatic hydroxyl groups is 6. The summed E-state index contributed by atoms with van der Waals surface area (Å²) in [7, 11) is 4.42. The van der Waals surface area contributed by atoms with E-state index in [9.17, 15) is 30.6 Å². The highest BCUT2D eigenvalue weighted by molar-refractivity contribution is 5.54. The summed E-state index contributed by atoms with van der Waals surface area (Å²) in [4.78, 5) is 0. The van der Waals surface area contributed by atoms with Crippen molar-refractivity contribution >= 4 is 0 Å². The highest BCUT2D eigenvalue weighted by atomic mass is 16.8. The summed E-state index contributed by atoms with van der Waals surface area (Å²) in [6.45, 7) is -0.882. The first-order valence-corrected chi connectivity index (χ1v) is 18.0. The van der Waals surface area contributed by atoms with Gasteiger partial charge in [-0.2, -0.15) is 0 Å². The van der Waals surface area contributed by atoms with Gasteiger partial charge in [0.1, 0.15) is 67.1 Å². The Labute approximate surface area is 316 Å². The van der Waals surface area contributed by atoms with Crippen molar-refractivity contribution < 1.29 is 82.7 Å². The van der Waals surface area contributed by atoms with Crippen LogP contribution >= 0.6 is 0 Å². The number of methoxy groups -OCH3 is 3. The van der Waals surface area contributed by atoms with E-state index in [0.29, 0.717) is 22.8 Å². The zero-order chi connectivity index (χ0) is 39.9. The van der Waals surface area contributed by atoms with Crippen molar-refractivity contribution in [1.29, 1.82) is 0 Å². The van der Waals surface area contributed by atoms with Crippen molar-refractivity contribution in [2.24, 2.45) is 28.7 Å². The monoisotopic (exact) mass is 793 g/mol. The van der Waals surface area contributed by atoms with Gasteiger partial charge < -0.3 is 111 Å². The van der Waals surface area contributed by atoms with Gasteiger partial charge in [-0.15, -0.1) is 0 Å². The quantitative estimate of drug-likeness (QED) is 0.0938. The largest absolute Gasteiger partial charge is 0.493 e. The van der Waals surface area contributed by atoms with Gasteiger partial charge in [0, 0.05) is 24.2 Å². The highest BCUT2D eigenvalue weighted by Crippen LogP contribution is 2.43. The van der Waals surface area contributed by atoms with Crippen LogP contribution in [0, 0.1) is 0 Å². The lowest BCUT2D eigenvalue weighted by atomic mass is 9.84. The zero-order valence-corrected chi connectivity index (χ0v) is 30.6. The van der Waals surface area contributed by atoms with Gasteiger partial charge in [0.25, 0.3) is 0 Å². The molecule has 0 bridgehead atoms. The van der Waals surface area contributed by atoms with Crippen LogP contribution in [0.25, 0.3) is 0 Å². The third kappa shape index (κ3) is 8.27. The molecule has 1 saturated carbocycles. The lowest BCUT2D eigenvalue weighted by molar-refractivity contribution is -0.356. The van der Waals surface area contributed by atoms with E-state index in [0.717, 1.165) is 0 Å². The molecule has 0 aromatic heterocycles. The van der Waals surface area contributed by atoms with Crippen molar-refractivity contribution in [3.05, 3.63) is 17.7 Å². The van der Waals surface area contributed by atoms with E-state index in [1.807, 2.05) is 0 Å². The second-order valence-corrected chi connectivity index (χ2v) is 14.2. The number of rotatable bonds is 12. The van der Waals surface area contributed by atoms with Gasteiger partial charge in [-0.05, 0) is 18.6 Å². The maximum Gasteiger partial charge on any atom is 0.203 e. The Hall–Kier alpha value is -2.14. The Kier molecular flexibility index (Phi) is 13.7. The molecule has 22 nitrogen and oxygen atoms in total. The lowest BCUT2D eigenvalue weighted by Gasteiger charge is -2.49. The molecule has 314 valence electrons. The molecule has 1 aromatic rings. The molecule has 0 amide bonds. The third-order valence-electron chi connectivity index (χ3n) is 10.8. The van der Waals surface area contributed by atoms with E-state index in [1.165, 1.54) is 21.3 Å². The number of ether oxygens (including phenoxy) is 11. The van der Waals surface area contributed by atoms with Crippen LogP contribution in [0.4, 0.5) is 0 Å². The molecule has 0 spiro atoms. The fourth-order valence-corrected chi connectivity index (χ4v) is 7.61. The summed E-state index contributed by atoms with van der Waals surface area (Å²) in [6, 6.07) is -0.904. The topological polar surface area (TPSA) is 353 Å².